The van der Waals surface area contributed by atoms with Crippen LogP contribution in [-0.4, -0.2) is 25.9 Å². The molecule has 0 radical (unpaired) electrons. The fraction of sp³-hybridized carbons (Fsp3) is 0.500. The van der Waals surface area contributed by atoms with Gasteiger partial charge < -0.3 is 4.74 Å². The minimum absolute atomic E-state index is 0.183. The second kappa shape index (κ2) is 13.1. The van der Waals surface area contributed by atoms with Crippen LogP contribution in [0, 0.1) is 0 Å². The summed E-state index contributed by atoms with van der Waals surface area (Å²) in [5.41, 5.74) is 1.08. The lowest BCUT2D eigenvalue weighted by Gasteiger charge is -2.13. The van der Waals surface area contributed by atoms with Crippen LogP contribution in [0.4, 0.5) is 0 Å². The lowest BCUT2D eigenvalue weighted by atomic mass is 10.0. The van der Waals surface area contributed by atoms with Gasteiger partial charge in [-0.15, -0.1) is 0 Å². The number of rotatable bonds is 15. The zero-order valence-corrected chi connectivity index (χ0v) is 20.7. The number of hydrogen-bond donors (Lipinski definition) is 2. The largest absolute Gasteiger partial charge is 0.454 e. The Morgan fingerprint density at radius 1 is 0.667 bits per heavy atom. The first kappa shape index (κ1) is 27.3. The molecule has 33 heavy (non-hydrogen) atoms. The van der Waals surface area contributed by atoms with Crippen LogP contribution in [0.5, 0.6) is 11.5 Å². The van der Waals surface area contributed by atoms with Crippen molar-refractivity contribution in [3.63, 3.8) is 0 Å². The van der Waals surface area contributed by atoms with Gasteiger partial charge in [-0.05, 0) is 42.7 Å². The molecule has 0 saturated heterocycles. The highest BCUT2D eigenvalue weighted by Crippen LogP contribution is 2.35. The maximum absolute atomic E-state index is 11.6. The number of unbranched alkanes of at least 4 members (excludes halogenated alkanes) is 9. The average molecular weight is 499 g/mol. The van der Waals surface area contributed by atoms with Gasteiger partial charge in [-0.25, -0.2) is 0 Å². The summed E-state index contributed by atoms with van der Waals surface area (Å²) in [5.74, 6) is -0.465. The van der Waals surface area contributed by atoms with E-state index in [1.807, 2.05) is 12.1 Å². The van der Waals surface area contributed by atoms with E-state index in [4.69, 9.17) is 4.74 Å². The van der Waals surface area contributed by atoms with Crippen LogP contribution in [-0.2, 0) is 26.7 Å². The summed E-state index contributed by atoms with van der Waals surface area (Å²) in [7, 11) is -9.55. The lowest BCUT2D eigenvalue weighted by Crippen LogP contribution is -2.07. The second-order valence-electron chi connectivity index (χ2n) is 8.21. The molecule has 0 saturated carbocycles. The van der Waals surface area contributed by atoms with Gasteiger partial charge in [0.25, 0.3) is 20.2 Å². The Kier molecular flexibility index (Phi) is 10.8. The van der Waals surface area contributed by atoms with Crippen molar-refractivity contribution in [3.8, 4) is 11.5 Å². The Morgan fingerprint density at radius 3 is 1.58 bits per heavy atom. The van der Waals surface area contributed by atoms with E-state index in [2.05, 4.69) is 6.92 Å². The van der Waals surface area contributed by atoms with Gasteiger partial charge in [0.05, 0.1) is 0 Å². The zero-order valence-electron chi connectivity index (χ0n) is 19.1. The minimum Gasteiger partial charge on any atom is -0.454 e. The molecule has 0 aliphatic carbocycles. The molecule has 2 aromatic rings. The van der Waals surface area contributed by atoms with Crippen LogP contribution in [0.15, 0.2) is 52.3 Å². The van der Waals surface area contributed by atoms with Gasteiger partial charge in [0, 0.05) is 0 Å². The first-order chi connectivity index (χ1) is 15.6. The lowest BCUT2D eigenvalue weighted by molar-refractivity contribution is 0.431. The molecule has 0 aliphatic heterocycles. The van der Waals surface area contributed by atoms with Gasteiger partial charge in [0.2, 0.25) is 0 Å². The second-order valence-corrected chi connectivity index (χ2v) is 11.0. The van der Waals surface area contributed by atoms with Gasteiger partial charge in [-0.2, -0.15) is 16.8 Å². The molecule has 0 fully saturated rings. The highest BCUT2D eigenvalue weighted by Gasteiger charge is 2.26. The molecular formula is C24H34O7S2. The molecule has 0 atom stereocenters. The maximum atomic E-state index is 11.6. The predicted molar refractivity (Wildman–Crippen MR) is 128 cm³/mol. The SMILES string of the molecule is CCCCCCCCCCCCc1ccc(Oc2c(S(=O)(=O)O)cccc2S(=O)(=O)O)cc1. The molecule has 0 bridgehead atoms. The third kappa shape index (κ3) is 9.44. The summed E-state index contributed by atoms with van der Waals surface area (Å²) in [6, 6.07) is 9.94. The molecule has 184 valence electrons. The van der Waals surface area contributed by atoms with Crippen LogP contribution in [0.3, 0.4) is 0 Å². The summed E-state index contributed by atoms with van der Waals surface area (Å²) in [6.07, 6.45) is 13.5. The molecular weight excluding hydrogens is 464 g/mol. The molecule has 2 N–H and O–H groups in total. The highest BCUT2D eigenvalue weighted by atomic mass is 32.2. The maximum Gasteiger partial charge on any atom is 0.298 e. The third-order valence-corrected chi connectivity index (χ3v) is 7.22. The molecule has 2 aromatic carbocycles. The van der Waals surface area contributed by atoms with Gasteiger partial charge in [-0.1, -0.05) is 82.9 Å². The van der Waals surface area contributed by atoms with Crippen molar-refractivity contribution in [1.82, 2.24) is 0 Å². The van der Waals surface area contributed by atoms with E-state index in [0.29, 0.717) is 0 Å². The fourth-order valence-corrected chi connectivity index (χ4v) is 5.00. The third-order valence-electron chi connectivity index (χ3n) is 5.46. The van der Waals surface area contributed by atoms with Gasteiger partial charge in [0.15, 0.2) is 5.75 Å². The summed E-state index contributed by atoms with van der Waals surface area (Å²) >= 11 is 0. The van der Waals surface area contributed by atoms with Gasteiger partial charge >= 0.3 is 0 Å². The Balaban J connectivity index is 1.90. The van der Waals surface area contributed by atoms with E-state index in [0.717, 1.165) is 43.0 Å². The van der Waals surface area contributed by atoms with Crippen LogP contribution >= 0.6 is 0 Å². The fourth-order valence-electron chi connectivity index (χ4n) is 3.66. The Morgan fingerprint density at radius 2 is 1.12 bits per heavy atom. The van der Waals surface area contributed by atoms with Crippen molar-refractivity contribution in [2.24, 2.45) is 0 Å². The smallest absolute Gasteiger partial charge is 0.298 e. The van der Waals surface area contributed by atoms with Crippen molar-refractivity contribution in [3.05, 3.63) is 48.0 Å². The van der Waals surface area contributed by atoms with Crippen molar-refractivity contribution < 1.29 is 30.7 Å². The number of benzene rings is 2. The normalized spacial score (nSPS) is 12.1. The van der Waals surface area contributed by atoms with Crippen LogP contribution in [0.1, 0.15) is 76.7 Å². The number of para-hydroxylation sites is 1. The molecule has 0 spiro atoms. The Labute approximate surface area is 197 Å². The Bertz CT molecular complexity index is 1030. The molecule has 0 aliphatic rings. The van der Waals surface area contributed by atoms with Crippen LogP contribution < -0.4 is 4.74 Å². The Hall–Kier alpha value is -1.94. The summed E-state index contributed by atoms with van der Waals surface area (Å²) < 4.78 is 70.9. The molecule has 0 heterocycles. The number of hydrogen-bond acceptors (Lipinski definition) is 5. The van der Waals surface area contributed by atoms with E-state index in [1.54, 1.807) is 12.1 Å². The molecule has 0 unspecified atom stereocenters. The summed E-state index contributed by atoms with van der Waals surface area (Å²) in [6.45, 7) is 2.23. The van der Waals surface area contributed by atoms with Gasteiger partial charge in [0.1, 0.15) is 15.5 Å². The summed E-state index contributed by atoms with van der Waals surface area (Å²) in [5, 5.41) is 0. The standard InChI is InChI=1S/C24H34O7S2/c1-2-3-4-5-6-7-8-9-10-11-13-20-16-18-21(19-17-20)31-24-22(32(25,26)27)14-12-15-23(24)33(28,29)30/h12,14-19H,2-11,13H2,1H3,(H,25,26,27)(H,28,29,30). The highest BCUT2D eigenvalue weighted by molar-refractivity contribution is 7.86. The number of ether oxygens (including phenoxy) is 1. The molecule has 0 aromatic heterocycles. The first-order valence-electron chi connectivity index (χ1n) is 11.5. The van der Waals surface area contributed by atoms with Crippen molar-refractivity contribution in [1.29, 1.82) is 0 Å². The van der Waals surface area contributed by atoms with E-state index >= 15 is 0 Å². The van der Waals surface area contributed by atoms with Crippen molar-refractivity contribution in [2.45, 2.75) is 87.3 Å². The minimum atomic E-state index is -4.77. The molecule has 2 rings (SSSR count). The van der Waals surface area contributed by atoms with Crippen molar-refractivity contribution >= 4 is 20.2 Å². The average Bonchev–Trinajstić information content (AvgIpc) is 2.75. The zero-order chi connectivity index (χ0) is 24.3. The number of aryl methyl sites for hydroxylation is 1. The van der Waals surface area contributed by atoms with E-state index in [1.165, 1.54) is 51.4 Å². The van der Waals surface area contributed by atoms with Crippen LogP contribution in [0.25, 0.3) is 0 Å². The van der Waals surface area contributed by atoms with E-state index in [9.17, 15) is 25.9 Å². The predicted octanol–water partition coefficient (Wildman–Crippen LogP) is 6.44. The van der Waals surface area contributed by atoms with E-state index in [-0.39, 0.29) is 5.75 Å². The van der Waals surface area contributed by atoms with Crippen LogP contribution in [0.2, 0.25) is 0 Å². The first-order valence-corrected chi connectivity index (χ1v) is 14.4. The monoisotopic (exact) mass is 498 g/mol. The topological polar surface area (TPSA) is 118 Å². The van der Waals surface area contributed by atoms with Gasteiger partial charge in [-0.3, -0.25) is 9.11 Å². The molecule has 7 nitrogen and oxygen atoms in total. The molecule has 0 amide bonds. The van der Waals surface area contributed by atoms with Crippen molar-refractivity contribution in [2.75, 3.05) is 0 Å². The summed E-state index contributed by atoms with van der Waals surface area (Å²) in [4.78, 5) is -1.49. The quantitative estimate of drug-likeness (QED) is 0.214. The molecule has 9 heteroatoms. The van der Waals surface area contributed by atoms with E-state index < -0.39 is 35.8 Å².